The molecule has 19 heavy (non-hydrogen) atoms. The van der Waals surface area contributed by atoms with Crippen molar-refractivity contribution in [2.45, 2.75) is 19.4 Å². The fourth-order valence-corrected chi connectivity index (χ4v) is 1.48. The van der Waals surface area contributed by atoms with Gasteiger partial charge in [-0.15, -0.1) is 0 Å². The fraction of sp³-hybridized carbons (Fsp3) is 0.462. The molecule has 0 aliphatic heterocycles. The molecule has 0 saturated carbocycles. The third kappa shape index (κ3) is 5.05. The number of hydrogen-bond donors (Lipinski definition) is 2. The van der Waals surface area contributed by atoms with E-state index in [1.54, 1.807) is 0 Å². The van der Waals surface area contributed by atoms with Crippen molar-refractivity contribution in [1.29, 1.82) is 0 Å². The van der Waals surface area contributed by atoms with Crippen LogP contribution in [0.5, 0.6) is 0 Å². The Hall–Kier alpha value is -1.95. The lowest BCUT2D eigenvalue weighted by Crippen LogP contribution is -2.35. The van der Waals surface area contributed by atoms with Crippen LogP contribution in [0.2, 0.25) is 0 Å². The second kappa shape index (κ2) is 6.84. The molecular formula is C13H19N3O3. The number of carboxylic acids is 1. The number of aromatic nitrogens is 1. The first-order valence-electron chi connectivity index (χ1n) is 6.05. The monoisotopic (exact) mass is 265 g/mol. The summed E-state index contributed by atoms with van der Waals surface area (Å²) in [5.74, 6) is -1.35. The van der Waals surface area contributed by atoms with E-state index in [0.29, 0.717) is 0 Å². The van der Waals surface area contributed by atoms with Gasteiger partial charge in [-0.1, -0.05) is 0 Å². The SMILES string of the molecule is CC(CCN(C)C)NC(=O)c1ccc(C(=O)O)cn1. The minimum absolute atomic E-state index is 0.0378. The average Bonchev–Trinajstić information content (AvgIpc) is 2.36. The van der Waals surface area contributed by atoms with Crippen molar-refractivity contribution in [1.82, 2.24) is 15.2 Å². The van der Waals surface area contributed by atoms with E-state index in [-0.39, 0.29) is 23.2 Å². The molecule has 2 N–H and O–H groups in total. The molecular weight excluding hydrogens is 246 g/mol. The van der Waals surface area contributed by atoms with Crippen LogP contribution in [-0.2, 0) is 0 Å². The molecule has 1 amide bonds. The van der Waals surface area contributed by atoms with Crippen molar-refractivity contribution in [2.75, 3.05) is 20.6 Å². The maximum absolute atomic E-state index is 11.8. The number of nitrogens with one attached hydrogen (secondary N) is 1. The van der Waals surface area contributed by atoms with Gasteiger partial charge in [-0.3, -0.25) is 9.78 Å². The number of nitrogens with zero attached hydrogens (tertiary/aromatic N) is 2. The molecule has 0 fully saturated rings. The van der Waals surface area contributed by atoms with E-state index >= 15 is 0 Å². The van der Waals surface area contributed by atoms with Crippen LogP contribution in [0.3, 0.4) is 0 Å². The highest BCUT2D eigenvalue weighted by Crippen LogP contribution is 2.01. The smallest absolute Gasteiger partial charge is 0.337 e. The average molecular weight is 265 g/mol. The first-order valence-corrected chi connectivity index (χ1v) is 6.05. The quantitative estimate of drug-likeness (QED) is 0.796. The van der Waals surface area contributed by atoms with E-state index in [2.05, 4.69) is 10.3 Å². The van der Waals surface area contributed by atoms with Gasteiger partial charge in [0.2, 0.25) is 0 Å². The van der Waals surface area contributed by atoms with Crippen LogP contribution in [0.4, 0.5) is 0 Å². The predicted molar refractivity (Wildman–Crippen MR) is 71.3 cm³/mol. The summed E-state index contributed by atoms with van der Waals surface area (Å²) in [5, 5.41) is 11.6. The lowest BCUT2D eigenvalue weighted by molar-refractivity contribution is 0.0695. The molecule has 0 bridgehead atoms. The molecule has 1 aromatic rings. The summed E-state index contributed by atoms with van der Waals surface area (Å²) in [6.07, 6.45) is 2.02. The van der Waals surface area contributed by atoms with E-state index < -0.39 is 5.97 Å². The van der Waals surface area contributed by atoms with Gasteiger partial charge >= 0.3 is 5.97 Å². The molecule has 6 nitrogen and oxygen atoms in total. The molecule has 1 atom stereocenters. The van der Waals surface area contributed by atoms with Crippen molar-refractivity contribution in [3.05, 3.63) is 29.6 Å². The highest BCUT2D eigenvalue weighted by Gasteiger charge is 2.12. The van der Waals surface area contributed by atoms with Gasteiger partial charge in [0.05, 0.1) is 5.56 Å². The summed E-state index contributed by atoms with van der Waals surface area (Å²) < 4.78 is 0. The normalized spacial score (nSPS) is 12.2. The fourth-order valence-electron chi connectivity index (χ4n) is 1.48. The van der Waals surface area contributed by atoms with Gasteiger partial charge in [-0.2, -0.15) is 0 Å². The van der Waals surface area contributed by atoms with Gasteiger partial charge < -0.3 is 15.3 Å². The molecule has 1 heterocycles. The molecule has 0 saturated heterocycles. The summed E-state index contributed by atoms with van der Waals surface area (Å²) in [5.41, 5.74) is 0.291. The van der Waals surface area contributed by atoms with Crippen LogP contribution in [0.1, 0.15) is 34.2 Å². The highest BCUT2D eigenvalue weighted by atomic mass is 16.4. The first-order chi connectivity index (χ1) is 8.90. The number of pyridine rings is 1. The molecule has 0 aromatic carbocycles. The molecule has 6 heteroatoms. The minimum Gasteiger partial charge on any atom is -0.478 e. The van der Waals surface area contributed by atoms with Crippen LogP contribution < -0.4 is 5.32 Å². The Balaban J connectivity index is 2.55. The van der Waals surface area contributed by atoms with Gasteiger partial charge in [-0.25, -0.2) is 4.79 Å². The Bertz CT molecular complexity index is 443. The van der Waals surface area contributed by atoms with Crippen molar-refractivity contribution in [3.8, 4) is 0 Å². The standard InChI is InChI=1S/C13H19N3O3/c1-9(6-7-16(2)3)15-12(17)11-5-4-10(8-14-11)13(18)19/h4-5,8-9H,6-7H2,1-3H3,(H,15,17)(H,18,19). The number of carboxylic acid groups (broad SMARTS) is 1. The molecule has 0 aliphatic rings. The van der Waals surface area contributed by atoms with Crippen LogP contribution in [-0.4, -0.2) is 53.5 Å². The van der Waals surface area contributed by atoms with Gasteiger partial charge in [0.15, 0.2) is 0 Å². The number of rotatable bonds is 6. The number of hydrogen-bond acceptors (Lipinski definition) is 4. The lowest BCUT2D eigenvalue weighted by Gasteiger charge is -2.16. The van der Waals surface area contributed by atoms with Gasteiger partial charge in [-0.05, 0) is 46.1 Å². The summed E-state index contributed by atoms with van der Waals surface area (Å²) in [6, 6.07) is 2.82. The van der Waals surface area contributed by atoms with Crippen LogP contribution in [0, 0.1) is 0 Å². The van der Waals surface area contributed by atoms with E-state index in [1.165, 1.54) is 18.3 Å². The Labute approximate surface area is 112 Å². The molecule has 1 unspecified atom stereocenters. The summed E-state index contributed by atoms with van der Waals surface area (Å²) in [4.78, 5) is 28.4. The second-order valence-corrected chi connectivity index (χ2v) is 4.70. The summed E-state index contributed by atoms with van der Waals surface area (Å²) >= 11 is 0. The van der Waals surface area contributed by atoms with Gasteiger partial charge in [0, 0.05) is 12.2 Å². The third-order valence-corrected chi connectivity index (χ3v) is 2.63. The van der Waals surface area contributed by atoms with Crippen molar-refractivity contribution >= 4 is 11.9 Å². The van der Waals surface area contributed by atoms with E-state index in [4.69, 9.17) is 5.11 Å². The zero-order valence-corrected chi connectivity index (χ0v) is 11.4. The zero-order chi connectivity index (χ0) is 14.4. The Morgan fingerprint density at radius 3 is 2.58 bits per heavy atom. The predicted octanol–water partition coefficient (Wildman–Crippen LogP) is 0.850. The summed E-state index contributed by atoms with van der Waals surface area (Å²) in [7, 11) is 3.95. The van der Waals surface area contributed by atoms with Crippen LogP contribution >= 0.6 is 0 Å². The molecule has 0 radical (unpaired) electrons. The van der Waals surface area contributed by atoms with E-state index in [0.717, 1.165) is 13.0 Å². The maximum Gasteiger partial charge on any atom is 0.337 e. The van der Waals surface area contributed by atoms with Crippen molar-refractivity contribution < 1.29 is 14.7 Å². The number of amides is 1. The highest BCUT2D eigenvalue weighted by molar-refractivity contribution is 5.93. The van der Waals surface area contributed by atoms with E-state index in [9.17, 15) is 9.59 Å². The van der Waals surface area contributed by atoms with Crippen LogP contribution in [0.25, 0.3) is 0 Å². The van der Waals surface area contributed by atoms with Crippen molar-refractivity contribution in [3.63, 3.8) is 0 Å². The lowest BCUT2D eigenvalue weighted by atomic mass is 10.2. The zero-order valence-electron chi connectivity index (χ0n) is 11.4. The topological polar surface area (TPSA) is 82.5 Å². The second-order valence-electron chi connectivity index (χ2n) is 4.70. The molecule has 1 aromatic heterocycles. The molecule has 1 rings (SSSR count). The number of carbonyl (C=O) groups excluding carboxylic acids is 1. The summed E-state index contributed by atoms with van der Waals surface area (Å²) in [6.45, 7) is 2.81. The molecule has 0 aliphatic carbocycles. The molecule has 0 spiro atoms. The van der Waals surface area contributed by atoms with Crippen molar-refractivity contribution in [2.24, 2.45) is 0 Å². The Morgan fingerprint density at radius 1 is 1.42 bits per heavy atom. The largest absolute Gasteiger partial charge is 0.478 e. The first kappa shape index (κ1) is 15.1. The maximum atomic E-state index is 11.8. The molecule has 104 valence electrons. The third-order valence-electron chi connectivity index (χ3n) is 2.63. The van der Waals surface area contributed by atoms with Crippen LogP contribution in [0.15, 0.2) is 18.3 Å². The van der Waals surface area contributed by atoms with Gasteiger partial charge in [0.1, 0.15) is 5.69 Å². The minimum atomic E-state index is -1.06. The van der Waals surface area contributed by atoms with Gasteiger partial charge in [0.25, 0.3) is 5.91 Å². The Kier molecular flexibility index (Phi) is 5.44. The number of aromatic carboxylic acids is 1. The van der Waals surface area contributed by atoms with E-state index in [1.807, 2.05) is 25.9 Å². The number of carbonyl (C=O) groups is 2. The Morgan fingerprint density at radius 2 is 2.11 bits per heavy atom.